The molecule has 0 saturated carbocycles. The number of benzene rings is 2. The fourth-order valence-electron chi connectivity index (χ4n) is 2.77. The van der Waals surface area contributed by atoms with Gasteiger partial charge in [-0.2, -0.15) is 0 Å². The van der Waals surface area contributed by atoms with Crippen molar-refractivity contribution in [1.82, 2.24) is 0 Å². The normalized spacial score (nSPS) is 10.6. The van der Waals surface area contributed by atoms with Crippen molar-refractivity contribution in [3.05, 3.63) is 65.7 Å². The largest absolute Gasteiger partial charge is 0.494 e. The van der Waals surface area contributed by atoms with Gasteiger partial charge in [0.2, 0.25) is 0 Å². The van der Waals surface area contributed by atoms with Gasteiger partial charge in [-0.05, 0) is 42.7 Å². The van der Waals surface area contributed by atoms with Crippen LogP contribution in [0.1, 0.15) is 54.4 Å². The summed E-state index contributed by atoms with van der Waals surface area (Å²) in [6, 6.07) is 17.4. The number of ether oxygens (including phenoxy) is 3. The maximum Gasteiger partial charge on any atom is 0.337 e. The van der Waals surface area contributed by atoms with Crippen molar-refractivity contribution < 1.29 is 19.0 Å². The second-order valence-electron chi connectivity index (χ2n) is 6.52. The minimum absolute atomic E-state index is 0.327. The Morgan fingerprint density at radius 1 is 0.778 bits per heavy atom. The molecule has 0 N–H and O–H groups in total. The van der Waals surface area contributed by atoms with Crippen LogP contribution in [-0.2, 0) is 16.1 Å². The maximum atomic E-state index is 11.4. The Hall–Kier alpha value is -2.33. The molecule has 0 aromatic heterocycles. The molecule has 4 heteroatoms. The zero-order valence-corrected chi connectivity index (χ0v) is 16.2. The molecule has 2 aromatic carbocycles. The van der Waals surface area contributed by atoms with Gasteiger partial charge in [-0.15, -0.1) is 0 Å². The fraction of sp³-hybridized carbons (Fsp3) is 0.435. The molecule has 0 atom stereocenters. The van der Waals surface area contributed by atoms with Crippen LogP contribution in [0.15, 0.2) is 54.6 Å². The van der Waals surface area contributed by atoms with Crippen molar-refractivity contribution in [2.24, 2.45) is 0 Å². The zero-order valence-electron chi connectivity index (χ0n) is 16.2. The van der Waals surface area contributed by atoms with E-state index < -0.39 is 0 Å². The first kappa shape index (κ1) is 21.0. The average molecular weight is 370 g/mol. The van der Waals surface area contributed by atoms with E-state index in [-0.39, 0.29) is 5.97 Å². The predicted octanol–water partition coefficient (Wildman–Crippen LogP) is 5.41. The molecule has 0 bridgehead atoms. The number of methoxy groups -OCH3 is 1. The molecular formula is C23H30O4. The highest BCUT2D eigenvalue weighted by Crippen LogP contribution is 2.14. The molecule has 0 radical (unpaired) electrons. The van der Waals surface area contributed by atoms with Gasteiger partial charge in [-0.1, -0.05) is 56.0 Å². The lowest BCUT2D eigenvalue weighted by molar-refractivity contribution is 0.0600. The first-order valence-electron chi connectivity index (χ1n) is 9.72. The lowest BCUT2D eigenvalue weighted by Crippen LogP contribution is -2.01. The number of carbonyl (C=O) groups is 1. The third-order valence-corrected chi connectivity index (χ3v) is 4.34. The molecule has 0 saturated heterocycles. The van der Waals surface area contributed by atoms with Crippen molar-refractivity contribution in [2.75, 3.05) is 20.3 Å². The molecule has 0 aliphatic carbocycles. The highest BCUT2D eigenvalue weighted by Gasteiger charge is 2.04. The molecule has 2 rings (SSSR count). The Balaban J connectivity index is 1.41. The van der Waals surface area contributed by atoms with E-state index in [4.69, 9.17) is 9.47 Å². The number of carbonyl (C=O) groups excluding carboxylic acids is 1. The van der Waals surface area contributed by atoms with E-state index in [1.807, 2.05) is 30.3 Å². The zero-order chi connectivity index (χ0) is 19.2. The van der Waals surface area contributed by atoms with Crippen molar-refractivity contribution in [2.45, 2.75) is 45.1 Å². The summed E-state index contributed by atoms with van der Waals surface area (Å²) in [6.45, 7) is 2.25. The van der Waals surface area contributed by atoms with Gasteiger partial charge in [0.15, 0.2) is 0 Å². The average Bonchev–Trinajstić information content (AvgIpc) is 2.72. The molecule has 0 spiro atoms. The van der Waals surface area contributed by atoms with Crippen LogP contribution < -0.4 is 4.74 Å². The molecule has 0 fully saturated rings. The second-order valence-corrected chi connectivity index (χ2v) is 6.52. The van der Waals surface area contributed by atoms with Crippen LogP contribution in [0.2, 0.25) is 0 Å². The van der Waals surface area contributed by atoms with E-state index in [9.17, 15) is 4.79 Å². The summed E-state index contributed by atoms with van der Waals surface area (Å²) in [5.41, 5.74) is 1.77. The predicted molar refractivity (Wildman–Crippen MR) is 107 cm³/mol. The quantitative estimate of drug-likeness (QED) is 0.349. The molecule has 0 amide bonds. The van der Waals surface area contributed by atoms with Crippen LogP contribution in [0.5, 0.6) is 5.75 Å². The summed E-state index contributed by atoms with van der Waals surface area (Å²) >= 11 is 0. The van der Waals surface area contributed by atoms with Crippen LogP contribution in [0.3, 0.4) is 0 Å². The van der Waals surface area contributed by atoms with Gasteiger partial charge in [0.25, 0.3) is 0 Å². The second kappa shape index (κ2) is 12.9. The van der Waals surface area contributed by atoms with Crippen molar-refractivity contribution in [3.8, 4) is 5.75 Å². The van der Waals surface area contributed by atoms with E-state index in [0.717, 1.165) is 25.2 Å². The summed E-state index contributed by atoms with van der Waals surface area (Å²) in [5.74, 6) is 0.463. The van der Waals surface area contributed by atoms with E-state index in [1.54, 1.807) is 12.1 Å². The summed E-state index contributed by atoms with van der Waals surface area (Å²) < 4.78 is 16.1. The van der Waals surface area contributed by atoms with Gasteiger partial charge < -0.3 is 14.2 Å². The van der Waals surface area contributed by atoms with Gasteiger partial charge in [0.05, 0.1) is 25.9 Å². The topological polar surface area (TPSA) is 44.8 Å². The van der Waals surface area contributed by atoms with Crippen molar-refractivity contribution >= 4 is 5.97 Å². The first-order chi connectivity index (χ1) is 13.3. The van der Waals surface area contributed by atoms with E-state index in [1.165, 1.54) is 38.4 Å². The first-order valence-corrected chi connectivity index (χ1v) is 9.72. The Kier molecular flexibility index (Phi) is 10.0. The standard InChI is InChI=1S/C23H30O4/c1-25-23(24)21-13-15-22(16-14-21)27-18-10-5-3-2-4-9-17-26-19-20-11-7-6-8-12-20/h6-8,11-16H,2-5,9-10,17-19H2,1H3. The minimum Gasteiger partial charge on any atom is -0.494 e. The number of unbranched alkanes of at least 4 members (excludes halogenated alkanes) is 5. The Labute approximate surface area is 162 Å². The van der Waals surface area contributed by atoms with Crippen LogP contribution in [-0.4, -0.2) is 26.3 Å². The monoisotopic (exact) mass is 370 g/mol. The molecule has 0 heterocycles. The molecular weight excluding hydrogens is 340 g/mol. The highest BCUT2D eigenvalue weighted by atomic mass is 16.5. The van der Waals surface area contributed by atoms with E-state index in [2.05, 4.69) is 16.9 Å². The molecule has 0 unspecified atom stereocenters. The number of hydrogen-bond donors (Lipinski definition) is 0. The molecule has 0 aliphatic rings. The van der Waals surface area contributed by atoms with Gasteiger partial charge >= 0.3 is 5.97 Å². The number of esters is 1. The van der Waals surface area contributed by atoms with Crippen LogP contribution in [0.4, 0.5) is 0 Å². The van der Waals surface area contributed by atoms with Gasteiger partial charge in [-0.25, -0.2) is 4.79 Å². The van der Waals surface area contributed by atoms with E-state index in [0.29, 0.717) is 18.8 Å². The molecule has 4 nitrogen and oxygen atoms in total. The smallest absolute Gasteiger partial charge is 0.337 e. The summed E-state index contributed by atoms with van der Waals surface area (Å²) in [7, 11) is 1.38. The Morgan fingerprint density at radius 3 is 2.07 bits per heavy atom. The highest BCUT2D eigenvalue weighted by molar-refractivity contribution is 5.89. The van der Waals surface area contributed by atoms with Gasteiger partial charge in [-0.3, -0.25) is 0 Å². The molecule has 0 aliphatic heterocycles. The van der Waals surface area contributed by atoms with Crippen molar-refractivity contribution in [1.29, 1.82) is 0 Å². The fourth-order valence-corrected chi connectivity index (χ4v) is 2.77. The molecule has 146 valence electrons. The Morgan fingerprint density at radius 2 is 1.41 bits per heavy atom. The minimum atomic E-state index is -0.327. The van der Waals surface area contributed by atoms with Crippen molar-refractivity contribution in [3.63, 3.8) is 0 Å². The Bertz CT molecular complexity index is 637. The third kappa shape index (κ3) is 8.74. The summed E-state index contributed by atoms with van der Waals surface area (Å²) in [6.07, 6.45) is 7.01. The molecule has 2 aromatic rings. The van der Waals surface area contributed by atoms with Crippen LogP contribution in [0.25, 0.3) is 0 Å². The summed E-state index contributed by atoms with van der Waals surface area (Å²) in [4.78, 5) is 11.4. The third-order valence-electron chi connectivity index (χ3n) is 4.34. The molecule has 27 heavy (non-hydrogen) atoms. The lowest BCUT2D eigenvalue weighted by atomic mass is 10.1. The summed E-state index contributed by atoms with van der Waals surface area (Å²) in [5, 5.41) is 0. The maximum absolute atomic E-state index is 11.4. The van der Waals surface area contributed by atoms with Crippen LogP contribution >= 0.6 is 0 Å². The van der Waals surface area contributed by atoms with Crippen LogP contribution in [0, 0.1) is 0 Å². The van der Waals surface area contributed by atoms with Gasteiger partial charge in [0.1, 0.15) is 5.75 Å². The number of rotatable bonds is 13. The van der Waals surface area contributed by atoms with Gasteiger partial charge in [0, 0.05) is 6.61 Å². The van der Waals surface area contributed by atoms with E-state index >= 15 is 0 Å². The number of hydrogen-bond acceptors (Lipinski definition) is 4. The SMILES string of the molecule is COC(=O)c1ccc(OCCCCCCCCOCc2ccccc2)cc1. The lowest BCUT2D eigenvalue weighted by Gasteiger charge is -2.07.